The third-order valence-electron chi connectivity index (χ3n) is 5.22. The minimum absolute atomic E-state index is 0. The molecule has 0 saturated heterocycles. The van der Waals surface area contributed by atoms with Crippen LogP contribution in [0.5, 0.6) is 11.5 Å². The number of rotatable bonds is 6. The molecule has 3 aromatic carbocycles. The number of aromatic amines is 1. The average Bonchev–Trinajstić information content (AvgIpc) is 3.05. The van der Waals surface area contributed by atoms with E-state index in [1.807, 2.05) is 30.9 Å². The summed E-state index contributed by atoms with van der Waals surface area (Å²) in [6.45, 7) is 2.43. The summed E-state index contributed by atoms with van der Waals surface area (Å²) in [5.74, 6) is -0.276. The number of aromatic hydroxyl groups is 2. The van der Waals surface area contributed by atoms with Crippen LogP contribution in [0.3, 0.4) is 0 Å². The van der Waals surface area contributed by atoms with Crippen molar-refractivity contribution in [3.05, 3.63) is 39.8 Å². The summed E-state index contributed by atoms with van der Waals surface area (Å²) in [5, 5.41) is 27.1. The van der Waals surface area contributed by atoms with Crippen molar-refractivity contribution in [3.63, 3.8) is 0 Å². The highest BCUT2D eigenvalue weighted by Gasteiger charge is 2.21. The molecular weight excluding hydrogens is 406 g/mol. The van der Waals surface area contributed by atoms with Gasteiger partial charge in [-0.05, 0) is 51.3 Å². The second-order valence-corrected chi connectivity index (χ2v) is 7.50. The lowest BCUT2D eigenvalue weighted by molar-refractivity contribution is 0.383. The number of hydrogen-bond donors (Lipinski definition) is 4. The van der Waals surface area contributed by atoms with Gasteiger partial charge in [0.05, 0.1) is 39.1 Å². The van der Waals surface area contributed by atoms with Crippen LogP contribution >= 0.6 is 12.4 Å². The molecule has 1 aromatic heterocycles. The van der Waals surface area contributed by atoms with Gasteiger partial charge < -0.3 is 20.8 Å². The van der Waals surface area contributed by atoms with Gasteiger partial charge in [-0.25, -0.2) is 0 Å². The van der Waals surface area contributed by atoms with E-state index >= 15 is 0 Å². The lowest BCUT2D eigenvalue weighted by Crippen LogP contribution is -2.15. The number of phenolic OH excluding ortho intramolecular Hbond substituents is 2. The van der Waals surface area contributed by atoms with E-state index in [0.29, 0.717) is 29.3 Å². The minimum atomic E-state index is -0.261. The number of nitrogens with one attached hydrogen (secondary N) is 1. The molecular formula is C21H26ClN5O3. The number of nitrogens with zero attached hydrogens (tertiary/aromatic N) is 3. The number of halogens is 1. The van der Waals surface area contributed by atoms with Crippen LogP contribution in [-0.2, 0) is 6.54 Å². The quantitative estimate of drug-likeness (QED) is 0.346. The van der Waals surface area contributed by atoms with Crippen molar-refractivity contribution in [1.29, 1.82) is 0 Å². The van der Waals surface area contributed by atoms with E-state index < -0.39 is 0 Å². The minimum Gasteiger partial charge on any atom is -0.507 e. The first-order valence-electron chi connectivity index (χ1n) is 9.64. The van der Waals surface area contributed by atoms with E-state index in [1.54, 1.807) is 0 Å². The molecule has 4 rings (SSSR count). The number of nitrogens with two attached hydrogens (primary N) is 1. The van der Waals surface area contributed by atoms with Crippen LogP contribution in [0, 0.1) is 0 Å². The highest BCUT2D eigenvalue weighted by atomic mass is 35.5. The third kappa shape index (κ3) is 3.47. The van der Waals surface area contributed by atoms with E-state index in [9.17, 15) is 15.0 Å². The normalized spacial score (nSPS) is 12.5. The van der Waals surface area contributed by atoms with Crippen LogP contribution in [0.1, 0.15) is 6.42 Å². The zero-order chi connectivity index (χ0) is 20.7. The summed E-state index contributed by atoms with van der Waals surface area (Å²) in [5.41, 5.74) is 6.81. The fraction of sp³-hybridized carbons (Fsp3) is 0.333. The Morgan fingerprint density at radius 1 is 1.10 bits per heavy atom. The predicted octanol–water partition coefficient (Wildman–Crippen LogP) is 1.72. The van der Waals surface area contributed by atoms with Crippen LogP contribution in [-0.4, -0.2) is 58.6 Å². The smallest absolute Gasteiger partial charge is 0.189 e. The van der Waals surface area contributed by atoms with Gasteiger partial charge in [-0.3, -0.25) is 19.6 Å². The van der Waals surface area contributed by atoms with Crippen LogP contribution in [0.15, 0.2) is 34.1 Å². The van der Waals surface area contributed by atoms with Crippen LogP contribution in [0.4, 0.5) is 0 Å². The van der Waals surface area contributed by atoms with Crippen LogP contribution in [0.2, 0.25) is 0 Å². The number of aromatic nitrogens is 2. The number of H-pyrrole nitrogens is 1. The molecule has 0 unspecified atom stereocenters. The van der Waals surface area contributed by atoms with E-state index in [0.717, 1.165) is 30.4 Å². The van der Waals surface area contributed by atoms with Crippen LogP contribution in [0.25, 0.3) is 32.6 Å². The van der Waals surface area contributed by atoms with Crippen molar-refractivity contribution in [3.8, 4) is 11.5 Å². The molecule has 5 N–H and O–H groups in total. The maximum Gasteiger partial charge on any atom is 0.189 e. The molecule has 0 spiro atoms. The Hall–Kier alpha value is -2.81. The number of benzene rings is 3. The number of fused-ring (bicyclic) bond motifs is 2. The summed E-state index contributed by atoms with van der Waals surface area (Å²) in [7, 11) is 4.05. The van der Waals surface area contributed by atoms with E-state index in [-0.39, 0.29) is 40.1 Å². The van der Waals surface area contributed by atoms with Gasteiger partial charge in [-0.15, -0.1) is 12.4 Å². The molecule has 0 aliphatic rings. The number of hydrogen-bond acceptors (Lipinski definition) is 6. The zero-order valence-electron chi connectivity index (χ0n) is 17.0. The Balaban J connectivity index is 0.00000256. The van der Waals surface area contributed by atoms with Gasteiger partial charge in [-0.2, -0.15) is 0 Å². The molecule has 0 fully saturated rings. The van der Waals surface area contributed by atoms with Gasteiger partial charge in [0, 0.05) is 18.5 Å². The summed E-state index contributed by atoms with van der Waals surface area (Å²) in [6, 6.07) is 6.41. The van der Waals surface area contributed by atoms with Crippen molar-refractivity contribution in [2.45, 2.75) is 13.0 Å². The molecule has 0 aliphatic heterocycles. The largest absolute Gasteiger partial charge is 0.507 e. The Kier molecular flexibility index (Phi) is 6.21. The molecule has 160 valence electrons. The first-order valence-corrected chi connectivity index (χ1v) is 9.64. The zero-order valence-corrected chi connectivity index (χ0v) is 17.8. The fourth-order valence-corrected chi connectivity index (χ4v) is 3.95. The maximum absolute atomic E-state index is 12.7. The molecule has 1 heterocycles. The van der Waals surface area contributed by atoms with Gasteiger partial charge in [0.2, 0.25) is 0 Å². The molecule has 0 amide bonds. The average molecular weight is 432 g/mol. The predicted molar refractivity (Wildman–Crippen MR) is 122 cm³/mol. The van der Waals surface area contributed by atoms with Crippen molar-refractivity contribution in [2.24, 2.45) is 10.7 Å². The van der Waals surface area contributed by atoms with Crippen molar-refractivity contribution in [1.82, 2.24) is 14.7 Å². The lowest BCUT2D eigenvalue weighted by atomic mass is 9.99. The number of aryl methyl sites for hydroxylation is 1. The van der Waals surface area contributed by atoms with Crippen molar-refractivity contribution >= 4 is 45.0 Å². The first kappa shape index (κ1) is 21.9. The monoisotopic (exact) mass is 431 g/mol. The van der Waals surface area contributed by atoms with E-state index in [2.05, 4.69) is 15.0 Å². The van der Waals surface area contributed by atoms with Gasteiger partial charge >= 0.3 is 0 Å². The Morgan fingerprint density at radius 3 is 2.57 bits per heavy atom. The fourth-order valence-electron chi connectivity index (χ4n) is 3.95. The van der Waals surface area contributed by atoms with Gasteiger partial charge in [-0.1, -0.05) is 0 Å². The second kappa shape index (κ2) is 8.51. The van der Waals surface area contributed by atoms with Gasteiger partial charge in [0.15, 0.2) is 5.43 Å². The van der Waals surface area contributed by atoms with Gasteiger partial charge in [0.1, 0.15) is 11.5 Å². The second-order valence-electron chi connectivity index (χ2n) is 7.50. The summed E-state index contributed by atoms with van der Waals surface area (Å²) in [6.07, 6.45) is 0.911. The molecule has 30 heavy (non-hydrogen) atoms. The molecule has 4 aromatic rings. The van der Waals surface area contributed by atoms with Gasteiger partial charge in [0.25, 0.3) is 0 Å². The van der Waals surface area contributed by atoms with E-state index in [4.69, 9.17) is 5.73 Å². The highest BCUT2D eigenvalue weighted by molar-refractivity contribution is 6.23. The molecule has 0 saturated carbocycles. The maximum atomic E-state index is 12.7. The molecule has 9 heteroatoms. The van der Waals surface area contributed by atoms with E-state index in [1.165, 1.54) is 12.1 Å². The Labute approximate surface area is 179 Å². The standard InChI is InChI=1S/C21H25N5O3.ClH/c1-25(2)10-3-11-26-13-5-4-12(23-9-8-22)16-17(13)20(24-26)18-14(27)6-7-15(28)19(18)21(16)29;/h4-7,24,28-29H,3,8-11,22H2,1-2H3;1H. The SMILES string of the molecule is CN(C)CCCn1[nH]c2c3c(=O)ccc(O)c3c(O)c3c(=NCCN)ccc1c32.Cl. The Bertz CT molecular complexity index is 1330. The summed E-state index contributed by atoms with van der Waals surface area (Å²) >= 11 is 0. The summed E-state index contributed by atoms with van der Waals surface area (Å²) in [4.78, 5) is 19.3. The number of phenols is 2. The molecule has 0 radical (unpaired) electrons. The first-order chi connectivity index (χ1) is 13.9. The topological polar surface area (TPSA) is 120 Å². The van der Waals surface area contributed by atoms with Crippen molar-refractivity contribution < 1.29 is 10.2 Å². The molecule has 0 atom stereocenters. The third-order valence-corrected chi connectivity index (χ3v) is 5.22. The highest BCUT2D eigenvalue weighted by Crippen LogP contribution is 2.41. The molecule has 0 aliphatic carbocycles. The summed E-state index contributed by atoms with van der Waals surface area (Å²) < 4.78 is 1.98. The molecule has 8 nitrogen and oxygen atoms in total. The lowest BCUT2D eigenvalue weighted by Gasteiger charge is -2.10. The van der Waals surface area contributed by atoms with Crippen molar-refractivity contribution in [2.75, 3.05) is 33.7 Å². The van der Waals surface area contributed by atoms with Crippen LogP contribution < -0.4 is 16.5 Å². The Morgan fingerprint density at radius 2 is 1.87 bits per heavy atom. The molecule has 0 bridgehead atoms.